The molecule has 0 saturated carbocycles. The number of aromatic amines is 1. The summed E-state index contributed by atoms with van der Waals surface area (Å²) in [5.41, 5.74) is -1.77. The fourth-order valence-corrected chi connectivity index (χ4v) is 1.85. The average Bonchev–Trinajstić information content (AvgIpc) is 2.29. The summed E-state index contributed by atoms with van der Waals surface area (Å²) in [6.07, 6.45) is 0.899. The number of nitrogens with two attached hydrogens (primary N) is 1. The highest BCUT2D eigenvalue weighted by Gasteiger charge is 2.15. The standard InChI is InChI=1S/C9H15N3O6S/c1-17-4-5-18-3-2-12-6-7(19(10,15)16)8(13)11-9(12)14/h6H,2-5H2,1H3,(H2,10,15,16)(H,11,13,14). The molecule has 1 heterocycles. The number of methoxy groups -OCH3 is 1. The summed E-state index contributed by atoms with van der Waals surface area (Å²) < 4.78 is 33.2. The molecule has 0 aliphatic carbocycles. The fraction of sp³-hybridized carbons (Fsp3) is 0.556. The maximum absolute atomic E-state index is 11.4. The summed E-state index contributed by atoms with van der Waals surface area (Å²) in [4.78, 5) is 23.9. The molecule has 3 N–H and O–H groups in total. The van der Waals surface area contributed by atoms with Crippen molar-refractivity contribution in [3.63, 3.8) is 0 Å². The smallest absolute Gasteiger partial charge is 0.328 e. The van der Waals surface area contributed by atoms with Crippen LogP contribution in [0, 0.1) is 0 Å². The highest BCUT2D eigenvalue weighted by Crippen LogP contribution is 1.95. The minimum absolute atomic E-state index is 0.0852. The van der Waals surface area contributed by atoms with Crippen LogP contribution in [-0.2, 0) is 26.0 Å². The van der Waals surface area contributed by atoms with Gasteiger partial charge in [0.05, 0.1) is 26.4 Å². The molecule has 0 fully saturated rings. The molecule has 0 saturated heterocycles. The van der Waals surface area contributed by atoms with Gasteiger partial charge in [-0.25, -0.2) is 18.4 Å². The van der Waals surface area contributed by atoms with Gasteiger partial charge in [0.1, 0.15) is 0 Å². The fourth-order valence-electron chi connectivity index (χ4n) is 1.27. The van der Waals surface area contributed by atoms with Crippen LogP contribution in [0.3, 0.4) is 0 Å². The maximum atomic E-state index is 11.4. The Morgan fingerprint density at radius 1 is 1.32 bits per heavy atom. The second kappa shape index (κ2) is 6.61. The molecule has 0 spiro atoms. The minimum Gasteiger partial charge on any atom is -0.382 e. The van der Waals surface area contributed by atoms with E-state index >= 15 is 0 Å². The number of sulfonamides is 1. The summed E-state index contributed by atoms with van der Waals surface area (Å²) in [6.45, 7) is 1.00. The molecule has 0 amide bonds. The second-order valence-corrected chi connectivity index (χ2v) is 5.13. The van der Waals surface area contributed by atoms with Crippen LogP contribution in [0.2, 0.25) is 0 Å². The first-order valence-electron chi connectivity index (χ1n) is 5.29. The van der Waals surface area contributed by atoms with E-state index in [1.54, 1.807) is 0 Å². The molecule has 1 rings (SSSR count). The van der Waals surface area contributed by atoms with Crippen LogP contribution in [0.5, 0.6) is 0 Å². The van der Waals surface area contributed by atoms with Crippen molar-refractivity contribution in [1.29, 1.82) is 0 Å². The van der Waals surface area contributed by atoms with Crippen LogP contribution in [0.15, 0.2) is 20.7 Å². The van der Waals surface area contributed by atoms with Crippen molar-refractivity contribution < 1.29 is 17.9 Å². The first-order valence-corrected chi connectivity index (χ1v) is 6.84. The van der Waals surface area contributed by atoms with Gasteiger partial charge in [-0.05, 0) is 0 Å². The number of rotatable bonds is 7. The van der Waals surface area contributed by atoms with Crippen LogP contribution in [0.25, 0.3) is 0 Å². The summed E-state index contributed by atoms with van der Waals surface area (Å²) in [6, 6.07) is 0. The first-order chi connectivity index (χ1) is 8.86. The Kier molecular flexibility index (Phi) is 5.42. The zero-order chi connectivity index (χ0) is 14.5. The number of nitrogens with zero attached hydrogens (tertiary/aromatic N) is 1. The molecular weight excluding hydrogens is 278 g/mol. The Balaban J connectivity index is 2.85. The maximum Gasteiger partial charge on any atom is 0.328 e. The van der Waals surface area contributed by atoms with E-state index in [0.717, 1.165) is 10.8 Å². The van der Waals surface area contributed by atoms with Gasteiger partial charge >= 0.3 is 5.69 Å². The quantitative estimate of drug-likeness (QED) is 0.550. The molecular formula is C9H15N3O6S. The van der Waals surface area contributed by atoms with E-state index in [1.807, 2.05) is 4.98 Å². The van der Waals surface area contributed by atoms with Crippen LogP contribution < -0.4 is 16.4 Å². The molecule has 108 valence electrons. The molecule has 0 bridgehead atoms. The molecule has 19 heavy (non-hydrogen) atoms. The van der Waals surface area contributed by atoms with Gasteiger partial charge in [-0.2, -0.15) is 0 Å². The van der Waals surface area contributed by atoms with Crippen LogP contribution in [0.1, 0.15) is 0 Å². The Morgan fingerprint density at radius 2 is 2.00 bits per heavy atom. The van der Waals surface area contributed by atoms with E-state index in [2.05, 4.69) is 0 Å². The Bertz CT molecular complexity index is 632. The Morgan fingerprint density at radius 3 is 2.58 bits per heavy atom. The lowest BCUT2D eigenvalue weighted by molar-refractivity contribution is 0.0660. The van der Waals surface area contributed by atoms with Gasteiger partial charge in [0.2, 0.25) is 10.0 Å². The molecule has 0 radical (unpaired) electrons. The Hall–Kier alpha value is -1.49. The molecule has 0 aromatic carbocycles. The van der Waals surface area contributed by atoms with Gasteiger partial charge in [-0.3, -0.25) is 14.3 Å². The third-order valence-corrected chi connectivity index (χ3v) is 3.10. The lowest BCUT2D eigenvalue weighted by atomic mass is 10.6. The number of nitrogens with one attached hydrogen (secondary N) is 1. The van der Waals surface area contributed by atoms with Gasteiger partial charge in [-0.15, -0.1) is 0 Å². The van der Waals surface area contributed by atoms with Crippen molar-refractivity contribution >= 4 is 10.0 Å². The molecule has 9 nitrogen and oxygen atoms in total. The molecule has 0 atom stereocenters. The molecule has 1 aromatic heterocycles. The van der Waals surface area contributed by atoms with E-state index in [1.165, 1.54) is 7.11 Å². The molecule has 0 aliphatic rings. The summed E-state index contributed by atoms with van der Waals surface area (Å²) in [7, 11) is -2.65. The van der Waals surface area contributed by atoms with Crippen LogP contribution in [0.4, 0.5) is 0 Å². The lowest BCUT2D eigenvalue weighted by Crippen LogP contribution is -2.35. The van der Waals surface area contributed by atoms with Crippen molar-refractivity contribution in [3.05, 3.63) is 27.0 Å². The first kappa shape index (κ1) is 15.6. The molecule has 10 heteroatoms. The number of hydrogen-bond donors (Lipinski definition) is 2. The molecule has 0 unspecified atom stereocenters. The summed E-state index contributed by atoms with van der Waals surface area (Å²) in [5, 5.41) is 4.86. The molecule has 0 aliphatic heterocycles. The number of primary sulfonamides is 1. The zero-order valence-corrected chi connectivity index (χ0v) is 11.1. The second-order valence-electron chi connectivity index (χ2n) is 3.60. The van der Waals surface area contributed by atoms with Crippen molar-refractivity contribution in [2.75, 3.05) is 26.9 Å². The molecule has 1 aromatic rings. The third-order valence-electron chi connectivity index (χ3n) is 2.19. The van der Waals surface area contributed by atoms with Crippen molar-refractivity contribution in [3.8, 4) is 0 Å². The predicted octanol–water partition coefficient (Wildman–Crippen LogP) is -2.15. The Labute approximate surface area is 109 Å². The van der Waals surface area contributed by atoms with Gasteiger partial charge in [0.25, 0.3) is 5.56 Å². The van der Waals surface area contributed by atoms with Crippen molar-refractivity contribution in [2.45, 2.75) is 11.4 Å². The van der Waals surface area contributed by atoms with Gasteiger partial charge in [0.15, 0.2) is 4.90 Å². The number of hydrogen-bond acceptors (Lipinski definition) is 6. The van der Waals surface area contributed by atoms with Crippen molar-refractivity contribution in [2.24, 2.45) is 5.14 Å². The van der Waals surface area contributed by atoms with Crippen LogP contribution in [-0.4, -0.2) is 44.9 Å². The van der Waals surface area contributed by atoms with E-state index in [9.17, 15) is 18.0 Å². The SMILES string of the molecule is COCCOCCn1cc(S(N)(=O)=O)c(=O)[nH]c1=O. The van der Waals surface area contributed by atoms with Crippen molar-refractivity contribution in [1.82, 2.24) is 9.55 Å². The normalized spacial score (nSPS) is 11.7. The van der Waals surface area contributed by atoms with E-state index in [0.29, 0.717) is 13.2 Å². The van der Waals surface area contributed by atoms with Gasteiger partial charge < -0.3 is 9.47 Å². The minimum atomic E-state index is -4.18. The largest absolute Gasteiger partial charge is 0.382 e. The summed E-state index contributed by atoms with van der Waals surface area (Å²) in [5.74, 6) is 0. The highest BCUT2D eigenvalue weighted by atomic mass is 32.2. The number of ether oxygens (including phenoxy) is 2. The monoisotopic (exact) mass is 293 g/mol. The highest BCUT2D eigenvalue weighted by molar-refractivity contribution is 7.89. The van der Waals surface area contributed by atoms with E-state index in [-0.39, 0.29) is 13.2 Å². The number of H-pyrrole nitrogens is 1. The summed E-state index contributed by atoms with van der Waals surface area (Å²) >= 11 is 0. The van der Waals surface area contributed by atoms with Gasteiger partial charge in [0, 0.05) is 13.3 Å². The third kappa shape index (κ3) is 4.59. The number of aromatic nitrogens is 2. The van der Waals surface area contributed by atoms with E-state index < -0.39 is 26.2 Å². The topological polar surface area (TPSA) is 133 Å². The average molecular weight is 293 g/mol. The van der Waals surface area contributed by atoms with Gasteiger partial charge in [-0.1, -0.05) is 0 Å². The van der Waals surface area contributed by atoms with Crippen LogP contribution >= 0.6 is 0 Å². The lowest BCUT2D eigenvalue weighted by Gasteiger charge is -2.07. The zero-order valence-electron chi connectivity index (χ0n) is 10.3. The predicted molar refractivity (Wildman–Crippen MR) is 65.4 cm³/mol. The van der Waals surface area contributed by atoms with E-state index in [4.69, 9.17) is 14.6 Å².